The first-order chi connectivity index (χ1) is 8.72. The third kappa shape index (κ3) is 3.50. The van der Waals surface area contributed by atoms with Crippen LogP contribution in [0, 0.1) is 29.6 Å². The molecule has 5 atom stereocenters. The first-order valence-electron chi connectivity index (χ1n) is 8.37. The summed E-state index contributed by atoms with van der Waals surface area (Å²) in [7, 11) is 2.13. The molecule has 0 aliphatic heterocycles. The highest BCUT2D eigenvalue weighted by atomic mass is 14.8. The molecule has 0 spiro atoms. The lowest BCUT2D eigenvalue weighted by Gasteiger charge is -2.39. The van der Waals surface area contributed by atoms with Gasteiger partial charge in [-0.15, -0.1) is 0 Å². The molecule has 0 bridgehead atoms. The fraction of sp³-hybridized carbons (Fsp3) is 1.00. The Kier molecular flexibility index (Phi) is 5.54. The molecule has 0 amide bonds. The summed E-state index contributed by atoms with van der Waals surface area (Å²) in [5, 5.41) is 3.45. The van der Waals surface area contributed by atoms with Crippen LogP contribution in [0.4, 0.5) is 0 Å². The smallest absolute Gasteiger partial charge is 0.00208 e. The molecule has 1 nitrogen and oxygen atoms in total. The molecule has 0 aromatic heterocycles. The summed E-state index contributed by atoms with van der Waals surface area (Å²) in [6.45, 7) is 6.20. The van der Waals surface area contributed by atoms with Crippen LogP contribution in [0.5, 0.6) is 0 Å². The summed E-state index contributed by atoms with van der Waals surface area (Å²) in [6, 6.07) is 0. The molecule has 18 heavy (non-hydrogen) atoms. The lowest BCUT2D eigenvalue weighted by Crippen LogP contribution is -2.34. The minimum Gasteiger partial charge on any atom is -0.319 e. The van der Waals surface area contributed by atoms with E-state index in [0.29, 0.717) is 0 Å². The van der Waals surface area contributed by atoms with Gasteiger partial charge in [-0.1, -0.05) is 39.5 Å². The van der Waals surface area contributed by atoms with Gasteiger partial charge in [0.1, 0.15) is 0 Å². The van der Waals surface area contributed by atoms with Crippen LogP contribution in [0.15, 0.2) is 0 Å². The van der Waals surface area contributed by atoms with E-state index in [1.54, 1.807) is 0 Å². The Morgan fingerprint density at radius 1 is 0.889 bits per heavy atom. The zero-order valence-corrected chi connectivity index (χ0v) is 12.8. The van der Waals surface area contributed by atoms with Crippen molar-refractivity contribution in [1.82, 2.24) is 5.32 Å². The van der Waals surface area contributed by atoms with Gasteiger partial charge in [0, 0.05) is 0 Å². The summed E-state index contributed by atoms with van der Waals surface area (Å²) in [4.78, 5) is 0. The Balaban J connectivity index is 1.98. The van der Waals surface area contributed by atoms with E-state index in [9.17, 15) is 0 Å². The third-order valence-corrected chi connectivity index (χ3v) is 5.93. The van der Waals surface area contributed by atoms with Gasteiger partial charge in [-0.05, 0) is 68.9 Å². The lowest BCUT2D eigenvalue weighted by atomic mass is 9.67. The molecule has 106 valence electrons. The standard InChI is InChI=1S/C17H33N/c1-13-9-10-15(11-14(13)2)17-8-6-4-5-7-16(17)12-18-3/h13-18H,4-12H2,1-3H3. The van der Waals surface area contributed by atoms with Crippen molar-refractivity contribution in [2.75, 3.05) is 13.6 Å². The van der Waals surface area contributed by atoms with E-state index in [2.05, 4.69) is 26.2 Å². The summed E-state index contributed by atoms with van der Waals surface area (Å²) in [6.07, 6.45) is 11.9. The van der Waals surface area contributed by atoms with E-state index in [4.69, 9.17) is 0 Å². The SMILES string of the molecule is CNCC1CCCCCC1C1CCC(C)C(C)C1. The van der Waals surface area contributed by atoms with Crippen LogP contribution in [0.1, 0.15) is 65.2 Å². The van der Waals surface area contributed by atoms with Crippen molar-refractivity contribution < 1.29 is 0 Å². The Labute approximate surface area is 114 Å². The first-order valence-corrected chi connectivity index (χ1v) is 8.37. The van der Waals surface area contributed by atoms with E-state index in [-0.39, 0.29) is 0 Å². The Morgan fingerprint density at radius 2 is 1.67 bits per heavy atom. The van der Waals surface area contributed by atoms with Crippen molar-refractivity contribution in [3.05, 3.63) is 0 Å². The van der Waals surface area contributed by atoms with Crippen LogP contribution < -0.4 is 5.32 Å². The van der Waals surface area contributed by atoms with Crippen molar-refractivity contribution >= 4 is 0 Å². The molecular formula is C17H33N. The molecule has 0 saturated heterocycles. The molecule has 2 rings (SSSR count). The summed E-state index contributed by atoms with van der Waals surface area (Å²) in [5.41, 5.74) is 0. The largest absolute Gasteiger partial charge is 0.319 e. The van der Waals surface area contributed by atoms with Gasteiger partial charge in [-0.2, -0.15) is 0 Å². The van der Waals surface area contributed by atoms with Crippen LogP contribution in [-0.4, -0.2) is 13.6 Å². The predicted molar refractivity (Wildman–Crippen MR) is 79.7 cm³/mol. The zero-order valence-electron chi connectivity index (χ0n) is 12.8. The van der Waals surface area contributed by atoms with E-state index < -0.39 is 0 Å². The molecule has 5 unspecified atom stereocenters. The molecule has 1 N–H and O–H groups in total. The van der Waals surface area contributed by atoms with Gasteiger partial charge in [0.15, 0.2) is 0 Å². The normalized spacial score (nSPS) is 42.5. The van der Waals surface area contributed by atoms with Crippen molar-refractivity contribution in [1.29, 1.82) is 0 Å². The highest BCUT2D eigenvalue weighted by molar-refractivity contribution is 4.85. The molecule has 1 heteroatoms. The second kappa shape index (κ2) is 6.93. The summed E-state index contributed by atoms with van der Waals surface area (Å²) in [5.74, 6) is 4.95. The Bertz CT molecular complexity index is 238. The van der Waals surface area contributed by atoms with Crippen molar-refractivity contribution in [2.24, 2.45) is 29.6 Å². The highest BCUT2D eigenvalue weighted by Crippen LogP contribution is 2.43. The average Bonchev–Trinajstić information content (AvgIpc) is 2.59. The molecule has 0 heterocycles. The molecule has 2 saturated carbocycles. The quantitative estimate of drug-likeness (QED) is 0.730. The van der Waals surface area contributed by atoms with Gasteiger partial charge in [0.05, 0.1) is 0 Å². The van der Waals surface area contributed by atoms with Gasteiger partial charge in [-0.25, -0.2) is 0 Å². The van der Waals surface area contributed by atoms with Gasteiger partial charge in [0.25, 0.3) is 0 Å². The van der Waals surface area contributed by atoms with Crippen LogP contribution in [0.2, 0.25) is 0 Å². The topological polar surface area (TPSA) is 12.0 Å². The number of hydrogen-bond donors (Lipinski definition) is 1. The molecule has 2 fully saturated rings. The minimum atomic E-state index is 0.960. The molecule has 2 aliphatic carbocycles. The second-order valence-corrected chi connectivity index (χ2v) is 7.15. The van der Waals surface area contributed by atoms with Gasteiger partial charge < -0.3 is 5.32 Å². The molecule has 0 radical (unpaired) electrons. The van der Waals surface area contributed by atoms with Gasteiger partial charge >= 0.3 is 0 Å². The molecule has 2 aliphatic rings. The van der Waals surface area contributed by atoms with Gasteiger partial charge in [0.2, 0.25) is 0 Å². The van der Waals surface area contributed by atoms with Crippen molar-refractivity contribution in [2.45, 2.75) is 65.2 Å². The van der Waals surface area contributed by atoms with Crippen molar-refractivity contribution in [3.63, 3.8) is 0 Å². The van der Waals surface area contributed by atoms with E-state index in [1.807, 2.05) is 0 Å². The first kappa shape index (κ1) is 14.4. The van der Waals surface area contributed by atoms with Crippen LogP contribution >= 0.6 is 0 Å². The molecular weight excluding hydrogens is 218 g/mol. The van der Waals surface area contributed by atoms with Crippen molar-refractivity contribution in [3.8, 4) is 0 Å². The van der Waals surface area contributed by atoms with Crippen LogP contribution in [0.25, 0.3) is 0 Å². The third-order valence-electron chi connectivity index (χ3n) is 5.93. The minimum absolute atomic E-state index is 0.960. The summed E-state index contributed by atoms with van der Waals surface area (Å²) < 4.78 is 0. The zero-order chi connectivity index (χ0) is 13.0. The maximum atomic E-state index is 3.45. The van der Waals surface area contributed by atoms with E-state index >= 15 is 0 Å². The van der Waals surface area contributed by atoms with E-state index in [1.165, 1.54) is 57.9 Å². The van der Waals surface area contributed by atoms with Crippen LogP contribution in [0.3, 0.4) is 0 Å². The number of hydrogen-bond acceptors (Lipinski definition) is 1. The summed E-state index contributed by atoms with van der Waals surface area (Å²) >= 11 is 0. The molecule has 0 aromatic rings. The maximum Gasteiger partial charge on any atom is -0.00208 e. The lowest BCUT2D eigenvalue weighted by molar-refractivity contribution is 0.112. The monoisotopic (exact) mass is 251 g/mol. The predicted octanol–water partition coefficient (Wildman–Crippen LogP) is 4.47. The number of rotatable bonds is 3. The average molecular weight is 251 g/mol. The van der Waals surface area contributed by atoms with Crippen LogP contribution in [-0.2, 0) is 0 Å². The Hall–Kier alpha value is -0.0400. The number of nitrogens with one attached hydrogen (secondary N) is 1. The Morgan fingerprint density at radius 3 is 2.39 bits per heavy atom. The second-order valence-electron chi connectivity index (χ2n) is 7.15. The maximum absolute atomic E-state index is 3.45. The van der Waals surface area contributed by atoms with Gasteiger partial charge in [-0.3, -0.25) is 0 Å². The van der Waals surface area contributed by atoms with E-state index in [0.717, 1.165) is 29.6 Å². The fourth-order valence-electron chi connectivity index (χ4n) is 4.53. The fourth-order valence-corrected chi connectivity index (χ4v) is 4.53. The highest BCUT2D eigenvalue weighted by Gasteiger charge is 2.34. The molecule has 0 aromatic carbocycles.